The number of halogens is 2. The second-order valence-corrected chi connectivity index (χ2v) is 22.6. The minimum atomic E-state index is -1.46. The fraction of sp³-hybridized carbons (Fsp3) is 0.143. The largest absolute Gasteiger partial charge is 0.526 e. The Morgan fingerprint density at radius 2 is 1.73 bits per heavy atom. The Morgan fingerprint density at radius 3 is 2.18 bits per heavy atom. The zero-order valence-electron chi connectivity index (χ0n) is 6.05. The molecule has 0 bridgehead atoms. The van der Waals surface area contributed by atoms with Gasteiger partial charge in [0.05, 0.1) is 0 Å². The molecule has 4 heteroatoms. The van der Waals surface area contributed by atoms with Crippen molar-refractivity contribution in [3.05, 3.63) is 30.3 Å². The number of benzene rings is 1. The van der Waals surface area contributed by atoms with Crippen LogP contribution < -0.4 is 4.43 Å². The lowest BCUT2D eigenvalue weighted by atomic mass is 10.3. The molecule has 1 rings (SSSR count). The smallest absolute Gasteiger partial charge is 0.378 e. The van der Waals surface area contributed by atoms with E-state index in [2.05, 4.69) is 50.1 Å². The van der Waals surface area contributed by atoms with Crippen LogP contribution in [0.15, 0.2) is 30.3 Å². The number of para-hydroxylation sites is 1. The summed E-state index contributed by atoms with van der Waals surface area (Å²) in [6, 6.07) is 9.95. The molecular formula is C7H8I2OSi. The summed E-state index contributed by atoms with van der Waals surface area (Å²) in [5.74, 6) is 0.977. The van der Waals surface area contributed by atoms with Crippen LogP contribution in [-0.4, -0.2) is 3.31 Å². The van der Waals surface area contributed by atoms with E-state index in [1.54, 1.807) is 0 Å². The molecule has 60 valence electrons. The predicted molar refractivity (Wildman–Crippen MR) is 66.7 cm³/mol. The highest BCUT2D eigenvalue weighted by Gasteiger charge is 2.21. The van der Waals surface area contributed by atoms with E-state index in [4.69, 9.17) is 4.43 Å². The number of hydrogen-bond donors (Lipinski definition) is 0. The Kier molecular flexibility index (Phi) is 3.63. The molecule has 11 heavy (non-hydrogen) atoms. The van der Waals surface area contributed by atoms with Gasteiger partial charge in [-0.05, 0) is 18.7 Å². The molecule has 0 radical (unpaired) electrons. The molecule has 1 nitrogen and oxygen atoms in total. The van der Waals surface area contributed by atoms with Gasteiger partial charge < -0.3 is 4.43 Å². The van der Waals surface area contributed by atoms with Crippen LogP contribution in [0.2, 0.25) is 6.55 Å². The topological polar surface area (TPSA) is 9.23 Å². The van der Waals surface area contributed by atoms with Gasteiger partial charge in [0.15, 0.2) is 0 Å². The molecule has 0 N–H and O–H groups in total. The molecule has 0 aliphatic rings. The maximum Gasteiger partial charge on any atom is 0.378 e. The minimum absolute atomic E-state index is 0.977. The summed E-state index contributed by atoms with van der Waals surface area (Å²) >= 11 is 4.77. The molecule has 1 aromatic carbocycles. The van der Waals surface area contributed by atoms with E-state index in [0.29, 0.717) is 0 Å². The van der Waals surface area contributed by atoms with Gasteiger partial charge in [-0.25, -0.2) is 0 Å². The summed E-state index contributed by atoms with van der Waals surface area (Å²) < 4.78 is 4.26. The average molecular weight is 390 g/mol. The summed E-state index contributed by atoms with van der Waals surface area (Å²) in [5, 5.41) is 0. The summed E-state index contributed by atoms with van der Waals surface area (Å²) in [5.41, 5.74) is 0. The van der Waals surface area contributed by atoms with Gasteiger partial charge in [-0.15, -0.1) is 0 Å². The first kappa shape index (κ1) is 9.78. The van der Waals surface area contributed by atoms with Crippen LogP contribution in [0, 0.1) is 0 Å². The molecule has 0 fully saturated rings. The molecule has 0 aromatic heterocycles. The Bertz CT molecular complexity index is 220. The first-order valence-electron chi connectivity index (χ1n) is 3.20. The van der Waals surface area contributed by atoms with E-state index in [1.165, 1.54) is 0 Å². The fourth-order valence-electron chi connectivity index (χ4n) is 0.695. The Hall–Kier alpha value is 0.697. The molecule has 0 amide bonds. The third-order valence-corrected chi connectivity index (χ3v) is 2.96. The zero-order chi connectivity index (χ0) is 8.32. The molecule has 0 saturated heterocycles. The monoisotopic (exact) mass is 390 g/mol. The Balaban J connectivity index is 2.66. The van der Waals surface area contributed by atoms with Gasteiger partial charge in [0.25, 0.3) is 0 Å². The van der Waals surface area contributed by atoms with E-state index >= 15 is 0 Å². The minimum Gasteiger partial charge on any atom is -0.526 e. The van der Waals surface area contributed by atoms with Crippen molar-refractivity contribution in [1.29, 1.82) is 0 Å². The lowest BCUT2D eigenvalue weighted by Gasteiger charge is -2.14. The quantitative estimate of drug-likeness (QED) is 0.427. The van der Waals surface area contributed by atoms with Crippen LogP contribution in [-0.2, 0) is 0 Å². The Morgan fingerprint density at radius 1 is 1.18 bits per heavy atom. The summed E-state index contributed by atoms with van der Waals surface area (Å²) in [4.78, 5) is 0. The van der Waals surface area contributed by atoms with Crippen molar-refractivity contribution < 1.29 is 4.43 Å². The second kappa shape index (κ2) is 4.08. The highest BCUT2D eigenvalue weighted by molar-refractivity contribution is 14.3. The highest BCUT2D eigenvalue weighted by atomic mass is 127. The van der Waals surface area contributed by atoms with Gasteiger partial charge in [-0.3, -0.25) is 0 Å². The van der Waals surface area contributed by atoms with Crippen molar-refractivity contribution in [2.24, 2.45) is 0 Å². The maximum absolute atomic E-state index is 5.71. The van der Waals surface area contributed by atoms with E-state index in [9.17, 15) is 0 Å². The van der Waals surface area contributed by atoms with Crippen molar-refractivity contribution in [3.8, 4) is 5.75 Å². The van der Waals surface area contributed by atoms with Crippen molar-refractivity contribution in [3.63, 3.8) is 0 Å². The van der Waals surface area contributed by atoms with Crippen LogP contribution in [0.1, 0.15) is 0 Å². The zero-order valence-corrected chi connectivity index (χ0v) is 11.4. The highest BCUT2D eigenvalue weighted by Crippen LogP contribution is 2.25. The van der Waals surface area contributed by atoms with Crippen LogP contribution in [0.25, 0.3) is 0 Å². The Labute approximate surface area is 93.1 Å². The lowest BCUT2D eigenvalue weighted by Crippen LogP contribution is -2.20. The molecule has 0 saturated carbocycles. The second-order valence-electron chi connectivity index (χ2n) is 2.22. The lowest BCUT2D eigenvalue weighted by molar-refractivity contribution is 0.594. The fourth-order valence-corrected chi connectivity index (χ4v) is 2.77. The van der Waals surface area contributed by atoms with E-state index in [0.717, 1.165) is 5.75 Å². The molecule has 1 aromatic rings. The van der Waals surface area contributed by atoms with Crippen LogP contribution >= 0.6 is 43.6 Å². The normalized spacial score (nSPS) is 11.2. The van der Waals surface area contributed by atoms with Crippen molar-refractivity contribution in [2.45, 2.75) is 6.55 Å². The molecule has 0 aliphatic carbocycles. The van der Waals surface area contributed by atoms with Crippen molar-refractivity contribution in [2.75, 3.05) is 0 Å². The SMILES string of the molecule is C[Si](I)(I)Oc1ccccc1. The molecule has 0 atom stereocenters. The van der Waals surface area contributed by atoms with E-state index in [1.807, 2.05) is 30.3 Å². The van der Waals surface area contributed by atoms with Gasteiger partial charge in [0.2, 0.25) is 0 Å². The van der Waals surface area contributed by atoms with Crippen LogP contribution in [0.3, 0.4) is 0 Å². The molecule has 0 aliphatic heterocycles. The average Bonchev–Trinajstić information content (AvgIpc) is 1.85. The van der Waals surface area contributed by atoms with Crippen molar-refractivity contribution in [1.82, 2.24) is 0 Å². The number of hydrogen-bond acceptors (Lipinski definition) is 1. The van der Waals surface area contributed by atoms with Crippen LogP contribution in [0.5, 0.6) is 5.75 Å². The van der Waals surface area contributed by atoms with Gasteiger partial charge in [-0.1, -0.05) is 61.8 Å². The van der Waals surface area contributed by atoms with Gasteiger partial charge >= 0.3 is 3.31 Å². The third-order valence-electron chi connectivity index (χ3n) is 1.04. The third kappa shape index (κ3) is 4.31. The summed E-state index contributed by atoms with van der Waals surface area (Å²) in [7, 11) is 0. The number of rotatable bonds is 2. The van der Waals surface area contributed by atoms with Crippen molar-refractivity contribution >= 4 is 46.9 Å². The first-order valence-corrected chi connectivity index (χ1v) is 11.8. The maximum atomic E-state index is 5.71. The standard InChI is InChI=1S/C7H8I2OSi/c1-11(8,9)10-7-5-3-2-4-6-7/h2-6H,1H3. The molecule has 0 unspecified atom stereocenters. The first-order chi connectivity index (χ1) is 5.08. The van der Waals surface area contributed by atoms with Gasteiger partial charge in [0.1, 0.15) is 5.75 Å². The van der Waals surface area contributed by atoms with E-state index < -0.39 is 3.31 Å². The summed E-state index contributed by atoms with van der Waals surface area (Å²) in [6.07, 6.45) is 0. The predicted octanol–water partition coefficient (Wildman–Crippen LogP) is 3.50. The molecular weight excluding hydrogens is 382 g/mol. The molecule has 0 heterocycles. The summed E-state index contributed by atoms with van der Waals surface area (Å²) in [6.45, 7) is 2.15. The van der Waals surface area contributed by atoms with Gasteiger partial charge in [0, 0.05) is 0 Å². The van der Waals surface area contributed by atoms with E-state index in [-0.39, 0.29) is 0 Å². The van der Waals surface area contributed by atoms with Crippen LogP contribution in [0.4, 0.5) is 0 Å². The van der Waals surface area contributed by atoms with Gasteiger partial charge in [-0.2, -0.15) is 0 Å². The molecule has 0 spiro atoms.